The Hall–Kier alpha value is -3.07. The molecule has 0 aliphatic carbocycles. The summed E-state index contributed by atoms with van der Waals surface area (Å²) in [5.74, 6) is 0.237. The lowest BCUT2D eigenvalue weighted by atomic mass is 9.86. The average Bonchev–Trinajstić information content (AvgIpc) is 3.25. The molecule has 1 aromatic heterocycles. The summed E-state index contributed by atoms with van der Waals surface area (Å²) < 4.78 is 11.4. The van der Waals surface area contributed by atoms with E-state index in [9.17, 15) is 14.4 Å². The van der Waals surface area contributed by atoms with Gasteiger partial charge in [-0.15, -0.1) is 0 Å². The number of benzene rings is 1. The Kier molecular flexibility index (Phi) is 6.36. The van der Waals surface area contributed by atoms with E-state index in [4.69, 9.17) is 9.15 Å². The molecule has 172 valence electrons. The topological polar surface area (TPSA) is 104 Å². The summed E-state index contributed by atoms with van der Waals surface area (Å²) in [4.78, 5) is 41.9. The normalized spacial score (nSPS) is 18.4. The van der Waals surface area contributed by atoms with Gasteiger partial charge in [-0.3, -0.25) is 14.4 Å². The van der Waals surface area contributed by atoms with Crippen LogP contribution in [0.1, 0.15) is 37.2 Å². The van der Waals surface area contributed by atoms with E-state index < -0.39 is 11.4 Å². The number of piperidine rings is 1. The van der Waals surface area contributed by atoms with Crippen LogP contribution in [0.3, 0.4) is 0 Å². The number of carbonyl (C=O) groups is 3. The third-order valence-electron chi connectivity index (χ3n) is 6.26. The molecule has 3 heterocycles. The number of nitrogens with zero attached hydrogens (tertiary/aromatic N) is 2. The Balaban J connectivity index is 1.54. The fraction of sp³-hybridized carbons (Fsp3) is 0.522. The third kappa shape index (κ3) is 4.29. The highest BCUT2D eigenvalue weighted by Crippen LogP contribution is 2.30. The van der Waals surface area contributed by atoms with Crippen LogP contribution in [0.5, 0.6) is 5.75 Å². The van der Waals surface area contributed by atoms with Crippen LogP contribution < -0.4 is 15.4 Å². The van der Waals surface area contributed by atoms with E-state index in [1.807, 2.05) is 19.1 Å². The first-order valence-corrected chi connectivity index (χ1v) is 11.2. The van der Waals surface area contributed by atoms with Crippen LogP contribution in [-0.2, 0) is 9.59 Å². The first kappa shape index (κ1) is 22.1. The molecule has 0 spiro atoms. The molecule has 2 saturated heterocycles. The van der Waals surface area contributed by atoms with Gasteiger partial charge in [-0.2, -0.15) is 0 Å². The number of piperazine rings is 1. The fourth-order valence-corrected chi connectivity index (χ4v) is 4.47. The van der Waals surface area contributed by atoms with Crippen LogP contribution in [0.25, 0.3) is 11.0 Å². The van der Waals surface area contributed by atoms with Crippen molar-refractivity contribution in [1.82, 2.24) is 20.4 Å². The molecule has 0 unspecified atom stereocenters. The Morgan fingerprint density at radius 1 is 1.12 bits per heavy atom. The number of carbonyl (C=O) groups excluding carboxylic acids is 3. The summed E-state index contributed by atoms with van der Waals surface area (Å²) in [7, 11) is 0. The standard InChI is InChI=1S/C23H30N4O5/c1-3-31-18-6-4-5-17-15-19(32-20(17)18)21(29)25-23(7-9-24-10-8-23)22(30)27-13-11-26(12-14-27)16(2)28/h4-6,15,24H,3,7-14H2,1-2H3,(H,25,29). The molecule has 0 radical (unpaired) electrons. The minimum absolute atomic E-state index is 0.0123. The number of ether oxygens (including phenoxy) is 1. The van der Waals surface area contributed by atoms with Crippen molar-refractivity contribution in [1.29, 1.82) is 0 Å². The van der Waals surface area contributed by atoms with E-state index in [0.29, 0.717) is 70.0 Å². The minimum atomic E-state index is -0.998. The van der Waals surface area contributed by atoms with Crippen LogP contribution in [0.4, 0.5) is 0 Å². The van der Waals surface area contributed by atoms with E-state index in [2.05, 4.69) is 10.6 Å². The first-order valence-electron chi connectivity index (χ1n) is 11.2. The van der Waals surface area contributed by atoms with Gasteiger partial charge in [0.2, 0.25) is 11.8 Å². The number of rotatable bonds is 5. The van der Waals surface area contributed by atoms with Crippen LogP contribution in [0.2, 0.25) is 0 Å². The second-order valence-corrected chi connectivity index (χ2v) is 8.30. The molecule has 0 saturated carbocycles. The summed E-state index contributed by atoms with van der Waals surface area (Å²) in [5, 5.41) is 7.04. The lowest BCUT2D eigenvalue weighted by Crippen LogP contribution is -2.65. The fourth-order valence-electron chi connectivity index (χ4n) is 4.47. The van der Waals surface area contributed by atoms with Crippen LogP contribution in [0, 0.1) is 0 Å². The number of hydrogen-bond acceptors (Lipinski definition) is 6. The van der Waals surface area contributed by atoms with Gasteiger partial charge < -0.3 is 29.6 Å². The van der Waals surface area contributed by atoms with Crippen molar-refractivity contribution in [2.24, 2.45) is 0 Å². The Morgan fingerprint density at radius 2 is 1.81 bits per heavy atom. The highest BCUT2D eigenvalue weighted by molar-refractivity contribution is 6.01. The molecule has 0 bridgehead atoms. The summed E-state index contributed by atoms with van der Waals surface area (Å²) in [6.45, 7) is 7.12. The van der Waals surface area contributed by atoms with Crippen molar-refractivity contribution in [3.8, 4) is 5.75 Å². The van der Waals surface area contributed by atoms with Crippen LogP contribution in [0.15, 0.2) is 28.7 Å². The van der Waals surface area contributed by atoms with Crippen LogP contribution >= 0.6 is 0 Å². The zero-order valence-corrected chi connectivity index (χ0v) is 18.6. The molecular weight excluding hydrogens is 412 g/mol. The smallest absolute Gasteiger partial charge is 0.287 e. The van der Waals surface area contributed by atoms with Gasteiger partial charge in [0, 0.05) is 38.5 Å². The van der Waals surface area contributed by atoms with Crippen molar-refractivity contribution in [2.45, 2.75) is 32.2 Å². The molecule has 0 atom stereocenters. The van der Waals surface area contributed by atoms with Crippen molar-refractivity contribution in [2.75, 3.05) is 45.9 Å². The van der Waals surface area contributed by atoms with E-state index in [-0.39, 0.29) is 17.6 Å². The highest BCUT2D eigenvalue weighted by atomic mass is 16.5. The number of amides is 3. The lowest BCUT2D eigenvalue weighted by molar-refractivity contribution is -0.144. The quantitative estimate of drug-likeness (QED) is 0.725. The number of para-hydroxylation sites is 1. The zero-order valence-electron chi connectivity index (χ0n) is 18.6. The van der Waals surface area contributed by atoms with Gasteiger partial charge in [-0.05, 0) is 45.0 Å². The van der Waals surface area contributed by atoms with Gasteiger partial charge in [-0.1, -0.05) is 12.1 Å². The molecule has 2 fully saturated rings. The first-order chi connectivity index (χ1) is 15.4. The van der Waals surface area contributed by atoms with Gasteiger partial charge in [0.25, 0.3) is 5.91 Å². The monoisotopic (exact) mass is 442 g/mol. The van der Waals surface area contributed by atoms with Gasteiger partial charge in [0.15, 0.2) is 17.1 Å². The molecule has 4 rings (SSSR count). The molecule has 9 nitrogen and oxygen atoms in total. The third-order valence-corrected chi connectivity index (χ3v) is 6.26. The molecule has 32 heavy (non-hydrogen) atoms. The maximum atomic E-state index is 13.6. The summed E-state index contributed by atoms with van der Waals surface area (Å²) in [6.07, 6.45) is 0.990. The van der Waals surface area contributed by atoms with Crippen molar-refractivity contribution in [3.63, 3.8) is 0 Å². The molecule has 2 aliphatic heterocycles. The Bertz CT molecular complexity index is 1000. The summed E-state index contributed by atoms with van der Waals surface area (Å²) >= 11 is 0. The highest BCUT2D eigenvalue weighted by Gasteiger charge is 2.44. The second kappa shape index (κ2) is 9.20. The largest absolute Gasteiger partial charge is 0.490 e. The number of hydrogen-bond donors (Lipinski definition) is 2. The number of furan rings is 1. The molecular formula is C23H30N4O5. The van der Waals surface area contributed by atoms with Gasteiger partial charge in [-0.25, -0.2) is 0 Å². The van der Waals surface area contributed by atoms with Gasteiger partial charge in [0.05, 0.1) is 6.61 Å². The summed E-state index contributed by atoms with van der Waals surface area (Å²) in [6, 6.07) is 7.19. The van der Waals surface area contributed by atoms with E-state index in [1.54, 1.807) is 21.9 Å². The molecule has 1 aromatic carbocycles. The lowest BCUT2D eigenvalue weighted by Gasteiger charge is -2.43. The van der Waals surface area contributed by atoms with E-state index in [0.717, 1.165) is 5.39 Å². The maximum Gasteiger partial charge on any atom is 0.287 e. The van der Waals surface area contributed by atoms with Crippen molar-refractivity contribution in [3.05, 3.63) is 30.0 Å². The zero-order chi connectivity index (χ0) is 22.7. The van der Waals surface area contributed by atoms with E-state index >= 15 is 0 Å². The number of fused-ring (bicyclic) bond motifs is 1. The van der Waals surface area contributed by atoms with Gasteiger partial charge in [0.1, 0.15) is 5.54 Å². The molecule has 3 amide bonds. The molecule has 2 N–H and O–H groups in total. The second-order valence-electron chi connectivity index (χ2n) is 8.30. The molecule has 2 aliphatic rings. The van der Waals surface area contributed by atoms with Crippen molar-refractivity contribution < 1.29 is 23.5 Å². The molecule has 9 heteroatoms. The van der Waals surface area contributed by atoms with E-state index in [1.165, 1.54) is 6.92 Å². The Labute approximate surface area is 187 Å². The predicted octanol–water partition coefficient (Wildman–Crippen LogP) is 1.37. The SMILES string of the molecule is CCOc1cccc2cc(C(=O)NC3(C(=O)N4CCN(C(C)=O)CC4)CCNCC3)oc12. The van der Waals surface area contributed by atoms with Crippen LogP contribution in [-0.4, -0.2) is 78.9 Å². The predicted molar refractivity (Wildman–Crippen MR) is 119 cm³/mol. The average molecular weight is 443 g/mol. The van der Waals surface area contributed by atoms with Crippen molar-refractivity contribution >= 4 is 28.7 Å². The number of nitrogens with one attached hydrogen (secondary N) is 2. The molecule has 2 aromatic rings. The maximum absolute atomic E-state index is 13.6. The van der Waals surface area contributed by atoms with Gasteiger partial charge >= 0.3 is 0 Å². The Morgan fingerprint density at radius 3 is 2.47 bits per heavy atom. The summed E-state index contributed by atoms with van der Waals surface area (Å²) in [5.41, 5.74) is -0.479. The minimum Gasteiger partial charge on any atom is -0.490 e.